The second-order valence-electron chi connectivity index (χ2n) is 7.23. The number of fused-ring (bicyclic) bond motifs is 2. The third-order valence-electron chi connectivity index (χ3n) is 5.20. The number of benzene rings is 1. The Morgan fingerprint density at radius 1 is 1.27 bits per heavy atom. The lowest BCUT2D eigenvalue weighted by Crippen LogP contribution is -2.12. The number of nitrogens with zero attached hydrogens (tertiary/aromatic N) is 2. The van der Waals surface area contributed by atoms with E-state index in [9.17, 15) is 14.3 Å². The van der Waals surface area contributed by atoms with E-state index >= 15 is 0 Å². The molecule has 2 heterocycles. The number of thiophene rings is 1. The van der Waals surface area contributed by atoms with Crippen LogP contribution in [0.1, 0.15) is 40.7 Å². The number of carbonyl (C=O) groups is 1. The number of amidine groups is 1. The van der Waals surface area contributed by atoms with E-state index in [4.69, 9.17) is 10.1 Å². The first-order valence-electron chi connectivity index (χ1n) is 9.86. The van der Waals surface area contributed by atoms with Gasteiger partial charge < -0.3 is 15.5 Å². The maximum Gasteiger partial charge on any atom is 0.348 e. The van der Waals surface area contributed by atoms with Crippen molar-refractivity contribution < 1.29 is 19.4 Å². The van der Waals surface area contributed by atoms with Crippen molar-refractivity contribution in [3.8, 4) is 11.1 Å². The van der Waals surface area contributed by atoms with Gasteiger partial charge in [-0.15, -0.1) is 11.3 Å². The van der Waals surface area contributed by atoms with Crippen molar-refractivity contribution in [3.05, 3.63) is 46.2 Å². The van der Waals surface area contributed by atoms with E-state index in [1.165, 1.54) is 12.1 Å². The van der Waals surface area contributed by atoms with E-state index < -0.39 is 5.97 Å². The van der Waals surface area contributed by atoms with Crippen LogP contribution in [0.4, 0.5) is 10.1 Å². The molecule has 3 aromatic rings. The molecule has 0 bridgehead atoms. The van der Waals surface area contributed by atoms with Crippen LogP contribution in [0.5, 0.6) is 0 Å². The van der Waals surface area contributed by atoms with Crippen molar-refractivity contribution in [2.45, 2.75) is 32.6 Å². The number of carboxylic acid groups (broad SMARTS) is 1. The van der Waals surface area contributed by atoms with Gasteiger partial charge in [0.05, 0.1) is 24.7 Å². The number of aliphatic hydroxyl groups excluding tert-OH is 1. The summed E-state index contributed by atoms with van der Waals surface area (Å²) in [4.78, 5) is 21.8. The highest BCUT2D eigenvalue weighted by Crippen LogP contribution is 2.45. The second kappa shape index (κ2) is 8.49. The highest BCUT2D eigenvalue weighted by molar-refractivity contribution is 7.21. The van der Waals surface area contributed by atoms with Crippen molar-refractivity contribution in [2.75, 3.05) is 18.5 Å². The van der Waals surface area contributed by atoms with E-state index in [1.807, 2.05) is 0 Å². The first kappa shape index (κ1) is 20.4. The third kappa shape index (κ3) is 3.80. The Balaban J connectivity index is 2.02. The summed E-state index contributed by atoms with van der Waals surface area (Å²) in [5.41, 5.74) is 4.29. The zero-order valence-corrected chi connectivity index (χ0v) is 17.4. The Labute approximate surface area is 177 Å². The molecule has 0 aliphatic heterocycles. The Kier molecular flexibility index (Phi) is 5.78. The molecule has 0 amide bonds. The van der Waals surface area contributed by atoms with Crippen LogP contribution in [-0.4, -0.2) is 40.2 Å². The summed E-state index contributed by atoms with van der Waals surface area (Å²) in [7, 11) is 0. The molecular formula is C22H22FN3O3S. The molecule has 30 heavy (non-hydrogen) atoms. The van der Waals surface area contributed by atoms with Gasteiger partial charge in [0.1, 0.15) is 15.5 Å². The number of nitrogens with one attached hydrogen (secondary N) is 1. The van der Waals surface area contributed by atoms with Gasteiger partial charge in [-0.25, -0.2) is 14.2 Å². The van der Waals surface area contributed by atoms with E-state index in [2.05, 4.69) is 10.3 Å². The van der Waals surface area contributed by atoms with E-state index in [0.29, 0.717) is 16.4 Å². The molecule has 0 saturated heterocycles. The number of aromatic carboxylic acids is 1. The standard InChI is InChI=1S/C22H22FN3O3S/c1-12(24-10-11-27)25-19-18-17(13-6-8-14(23)9-7-13)15-4-2-3-5-16(15)26-21(18)30-20(19)22(28)29/h6-9,27H,2-5,10-11H2,1H3,(H,24,25)(H,28,29). The molecule has 0 spiro atoms. The molecule has 4 rings (SSSR count). The Morgan fingerprint density at radius 2 is 2.00 bits per heavy atom. The number of carboxylic acids is 1. The molecule has 1 aliphatic carbocycles. The molecule has 0 fully saturated rings. The maximum absolute atomic E-state index is 13.6. The lowest BCUT2D eigenvalue weighted by atomic mass is 9.87. The highest BCUT2D eigenvalue weighted by atomic mass is 32.1. The van der Waals surface area contributed by atoms with Crippen LogP contribution in [0.3, 0.4) is 0 Å². The maximum atomic E-state index is 13.6. The summed E-state index contributed by atoms with van der Waals surface area (Å²) in [5.74, 6) is -0.854. The van der Waals surface area contributed by atoms with Gasteiger partial charge in [0.25, 0.3) is 0 Å². The van der Waals surface area contributed by atoms with Gasteiger partial charge in [-0.2, -0.15) is 0 Å². The second-order valence-corrected chi connectivity index (χ2v) is 8.23. The highest BCUT2D eigenvalue weighted by Gasteiger charge is 2.27. The topological polar surface area (TPSA) is 94.8 Å². The number of hydrogen-bond donors (Lipinski definition) is 3. The van der Waals surface area contributed by atoms with E-state index in [1.54, 1.807) is 19.1 Å². The fraction of sp³-hybridized carbons (Fsp3) is 0.318. The Morgan fingerprint density at radius 3 is 2.70 bits per heavy atom. The van der Waals surface area contributed by atoms with Crippen LogP contribution in [-0.2, 0) is 12.8 Å². The fourth-order valence-corrected chi connectivity index (χ4v) is 4.93. The number of hydrogen-bond acceptors (Lipinski definition) is 5. The molecule has 8 heteroatoms. The van der Waals surface area contributed by atoms with Gasteiger partial charge in [-0.1, -0.05) is 12.1 Å². The lowest BCUT2D eigenvalue weighted by molar-refractivity contribution is 0.0703. The number of pyridine rings is 1. The number of aliphatic imine (C=N–C) groups is 1. The van der Waals surface area contributed by atoms with Crippen molar-refractivity contribution in [3.63, 3.8) is 0 Å². The van der Waals surface area contributed by atoms with Gasteiger partial charge in [-0.05, 0) is 61.4 Å². The lowest BCUT2D eigenvalue weighted by Gasteiger charge is -2.20. The third-order valence-corrected chi connectivity index (χ3v) is 6.27. The largest absolute Gasteiger partial charge is 0.477 e. The predicted octanol–water partition coefficient (Wildman–Crippen LogP) is 4.50. The van der Waals surface area contributed by atoms with Gasteiger partial charge in [0.15, 0.2) is 0 Å². The number of aliphatic hydroxyl groups is 1. The number of aryl methyl sites for hydroxylation is 1. The number of aromatic nitrogens is 1. The molecule has 6 nitrogen and oxygen atoms in total. The van der Waals surface area contributed by atoms with Gasteiger partial charge in [-0.3, -0.25) is 4.99 Å². The molecule has 0 radical (unpaired) electrons. The van der Waals surface area contributed by atoms with Gasteiger partial charge in [0, 0.05) is 11.1 Å². The first-order valence-corrected chi connectivity index (χ1v) is 10.7. The molecule has 2 aromatic heterocycles. The number of halogens is 1. The summed E-state index contributed by atoms with van der Waals surface area (Å²) < 4.78 is 13.6. The van der Waals surface area contributed by atoms with E-state index in [-0.39, 0.29) is 23.8 Å². The minimum absolute atomic E-state index is 0.0922. The number of rotatable bonds is 5. The quantitative estimate of drug-likeness (QED) is 0.412. The predicted molar refractivity (Wildman–Crippen MR) is 117 cm³/mol. The molecule has 1 aromatic carbocycles. The minimum Gasteiger partial charge on any atom is -0.477 e. The summed E-state index contributed by atoms with van der Waals surface area (Å²) in [5, 5.41) is 22.7. The van der Waals surface area contributed by atoms with Crippen molar-refractivity contribution in [1.29, 1.82) is 0 Å². The van der Waals surface area contributed by atoms with Crippen LogP contribution >= 0.6 is 11.3 Å². The zero-order valence-electron chi connectivity index (χ0n) is 16.5. The number of anilines is 1. The summed E-state index contributed by atoms with van der Waals surface area (Å²) in [6.45, 7) is 1.86. The molecule has 3 N–H and O–H groups in total. The molecule has 156 valence electrons. The Hall–Kier alpha value is -2.84. The summed E-state index contributed by atoms with van der Waals surface area (Å²) in [6, 6.07) is 6.30. The zero-order chi connectivity index (χ0) is 21.3. The minimum atomic E-state index is -1.04. The van der Waals surface area contributed by atoms with Crippen LogP contribution in [0.2, 0.25) is 0 Å². The van der Waals surface area contributed by atoms with Crippen molar-refractivity contribution >= 4 is 39.0 Å². The van der Waals surface area contributed by atoms with Gasteiger partial charge >= 0.3 is 5.97 Å². The SMILES string of the molecule is CC(=NCCO)Nc1c(C(=O)O)sc2nc3c(c(-c4ccc(F)cc4)c12)CCCC3. The summed E-state index contributed by atoms with van der Waals surface area (Å²) >= 11 is 1.13. The van der Waals surface area contributed by atoms with Crippen LogP contribution in [0.25, 0.3) is 21.3 Å². The van der Waals surface area contributed by atoms with E-state index in [0.717, 1.165) is 64.8 Å². The fourth-order valence-electron chi connectivity index (χ4n) is 3.93. The molecule has 0 unspecified atom stereocenters. The van der Waals surface area contributed by atoms with Crippen LogP contribution in [0, 0.1) is 5.82 Å². The summed E-state index contributed by atoms with van der Waals surface area (Å²) in [6.07, 6.45) is 3.77. The van der Waals surface area contributed by atoms with Gasteiger partial charge in [0.2, 0.25) is 0 Å². The normalized spacial score (nSPS) is 14.0. The van der Waals surface area contributed by atoms with Crippen LogP contribution in [0.15, 0.2) is 29.3 Å². The molecule has 1 aliphatic rings. The Bertz CT molecular complexity index is 1140. The van der Waals surface area contributed by atoms with Crippen molar-refractivity contribution in [2.24, 2.45) is 4.99 Å². The molecular weight excluding hydrogens is 405 g/mol. The first-order chi connectivity index (χ1) is 14.5. The smallest absolute Gasteiger partial charge is 0.348 e. The molecule has 0 saturated carbocycles. The average Bonchev–Trinajstić information content (AvgIpc) is 3.09. The molecule has 0 atom stereocenters. The monoisotopic (exact) mass is 427 g/mol. The van der Waals surface area contributed by atoms with Crippen LogP contribution < -0.4 is 5.32 Å². The average molecular weight is 428 g/mol. The van der Waals surface area contributed by atoms with Crippen molar-refractivity contribution in [1.82, 2.24) is 4.98 Å².